The zero-order valence-electron chi connectivity index (χ0n) is 11.0. The summed E-state index contributed by atoms with van der Waals surface area (Å²) in [6.45, 7) is 9.52. The fraction of sp³-hybridized carbons (Fsp3) is 0.467. The topological polar surface area (TPSA) is 0 Å². The maximum atomic E-state index is 2.46. The van der Waals surface area contributed by atoms with Crippen LogP contribution in [0.25, 0.3) is 0 Å². The lowest BCUT2D eigenvalue weighted by molar-refractivity contribution is 0.815. The average molecular weight is 232 g/mol. The van der Waals surface area contributed by atoms with Crippen molar-refractivity contribution < 1.29 is 0 Å². The Labute approximate surface area is 101 Å². The monoisotopic (exact) mass is 232 g/mol. The van der Waals surface area contributed by atoms with E-state index in [1.54, 1.807) is 0 Å². The van der Waals surface area contributed by atoms with Crippen molar-refractivity contribution in [3.63, 3.8) is 0 Å². The Morgan fingerprint density at radius 3 is 2.25 bits per heavy atom. The minimum Gasteiger partial charge on any atom is -0.0917 e. The second-order valence-corrected chi connectivity index (χ2v) is 11.0. The summed E-state index contributed by atoms with van der Waals surface area (Å²) in [4.78, 5) is 0. The second kappa shape index (κ2) is 6.05. The van der Waals surface area contributed by atoms with Gasteiger partial charge in [0.25, 0.3) is 0 Å². The third kappa shape index (κ3) is 4.36. The normalized spacial score (nSPS) is 14.2. The summed E-state index contributed by atoms with van der Waals surface area (Å²) in [5, 5.41) is 0. The average Bonchev–Trinajstić information content (AvgIpc) is 2.24. The van der Waals surface area contributed by atoms with Crippen LogP contribution in [-0.4, -0.2) is 8.07 Å². The molecule has 0 heterocycles. The van der Waals surface area contributed by atoms with Gasteiger partial charge in [-0.25, -0.2) is 0 Å². The zero-order chi connectivity index (χ0) is 12.0. The zero-order valence-corrected chi connectivity index (χ0v) is 12.0. The van der Waals surface area contributed by atoms with Crippen molar-refractivity contribution in [1.29, 1.82) is 0 Å². The van der Waals surface area contributed by atoms with Crippen LogP contribution < -0.4 is 0 Å². The summed E-state index contributed by atoms with van der Waals surface area (Å²) in [6.07, 6.45) is 7.13. The van der Waals surface area contributed by atoms with Crippen LogP contribution in [0.4, 0.5) is 0 Å². The summed E-state index contributed by atoms with van der Waals surface area (Å²) < 4.78 is 0. The molecule has 0 aliphatic heterocycles. The Balaban J connectivity index is 2.58. The summed E-state index contributed by atoms with van der Waals surface area (Å²) >= 11 is 0. The second-order valence-electron chi connectivity index (χ2n) is 5.52. The Bertz CT molecular complexity index is 319. The van der Waals surface area contributed by atoms with Gasteiger partial charge in [0, 0.05) is 0 Å². The first-order chi connectivity index (χ1) is 7.54. The highest BCUT2D eigenvalue weighted by Gasteiger charge is 2.23. The summed E-state index contributed by atoms with van der Waals surface area (Å²) in [5.74, 6) is 0. The number of benzene rings is 1. The van der Waals surface area contributed by atoms with E-state index in [0.717, 1.165) is 5.54 Å². The molecule has 1 atom stereocenters. The molecule has 88 valence electrons. The summed E-state index contributed by atoms with van der Waals surface area (Å²) in [6, 6.07) is 10.8. The van der Waals surface area contributed by atoms with Gasteiger partial charge in [-0.3, -0.25) is 0 Å². The predicted molar refractivity (Wildman–Crippen MR) is 76.7 cm³/mol. The molecule has 1 unspecified atom stereocenters. The molecule has 1 aromatic carbocycles. The van der Waals surface area contributed by atoms with Crippen LogP contribution in [0.3, 0.4) is 0 Å². The van der Waals surface area contributed by atoms with E-state index in [2.05, 4.69) is 69.0 Å². The number of hydrogen-bond acceptors (Lipinski definition) is 0. The van der Waals surface area contributed by atoms with E-state index in [0.29, 0.717) is 0 Å². The van der Waals surface area contributed by atoms with Crippen molar-refractivity contribution in [1.82, 2.24) is 0 Å². The molecule has 0 fully saturated rings. The first-order valence-electron chi connectivity index (χ1n) is 6.21. The third-order valence-corrected chi connectivity index (χ3v) is 5.83. The van der Waals surface area contributed by atoms with E-state index >= 15 is 0 Å². The number of rotatable bonds is 5. The Hall–Kier alpha value is -0.823. The molecule has 0 spiro atoms. The molecule has 0 bridgehead atoms. The van der Waals surface area contributed by atoms with Gasteiger partial charge in [0.1, 0.15) is 0 Å². The van der Waals surface area contributed by atoms with Crippen molar-refractivity contribution in [2.45, 2.75) is 44.9 Å². The molecule has 1 rings (SSSR count). The molecule has 0 aliphatic rings. The highest BCUT2D eigenvalue weighted by atomic mass is 28.3. The van der Waals surface area contributed by atoms with Gasteiger partial charge in [-0.1, -0.05) is 62.1 Å². The quantitative estimate of drug-likeness (QED) is 0.500. The van der Waals surface area contributed by atoms with E-state index in [1.165, 1.54) is 18.4 Å². The molecule has 16 heavy (non-hydrogen) atoms. The van der Waals surface area contributed by atoms with Crippen LogP contribution >= 0.6 is 0 Å². The van der Waals surface area contributed by atoms with Gasteiger partial charge < -0.3 is 0 Å². The lowest BCUT2D eigenvalue weighted by atomic mass is 10.1. The van der Waals surface area contributed by atoms with Crippen LogP contribution in [-0.2, 0) is 6.42 Å². The van der Waals surface area contributed by atoms with Gasteiger partial charge in [0.05, 0.1) is 8.07 Å². The lowest BCUT2D eigenvalue weighted by Crippen LogP contribution is -2.27. The van der Waals surface area contributed by atoms with Crippen LogP contribution in [0.5, 0.6) is 0 Å². The van der Waals surface area contributed by atoms with E-state index in [9.17, 15) is 0 Å². The van der Waals surface area contributed by atoms with E-state index in [1.807, 2.05) is 0 Å². The lowest BCUT2D eigenvalue weighted by Gasteiger charge is -2.26. The smallest absolute Gasteiger partial charge is 0.0513 e. The van der Waals surface area contributed by atoms with Crippen LogP contribution in [0.1, 0.15) is 18.9 Å². The number of hydrogen-bond donors (Lipinski definition) is 0. The third-order valence-electron chi connectivity index (χ3n) is 3.12. The largest absolute Gasteiger partial charge is 0.0917 e. The molecule has 0 amide bonds. The molecular weight excluding hydrogens is 208 g/mol. The molecule has 0 N–H and O–H groups in total. The van der Waals surface area contributed by atoms with Gasteiger partial charge in [0.15, 0.2) is 0 Å². The molecule has 0 aromatic heterocycles. The van der Waals surface area contributed by atoms with Gasteiger partial charge in [-0.2, -0.15) is 0 Å². The molecule has 0 saturated heterocycles. The number of aryl methyl sites for hydroxylation is 1. The fourth-order valence-corrected chi connectivity index (χ4v) is 3.80. The van der Waals surface area contributed by atoms with Crippen LogP contribution in [0, 0.1) is 0 Å². The minimum atomic E-state index is -1.05. The Kier molecular flexibility index (Phi) is 5.00. The van der Waals surface area contributed by atoms with Crippen molar-refractivity contribution in [3.05, 3.63) is 48.0 Å². The Morgan fingerprint density at radius 1 is 1.12 bits per heavy atom. The molecule has 0 saturated carbocycles. The Morgan fingerprint density at radius 2 is 1.75 bits per heavy atom. The first-order valence-corrected chi connectivity index (χ1v) is 9.78. The summed E-state index contributed by atoms with van der Waals surface area (Å²) in [7, 11) is -1.05. The van der Waals surface area contributed by atoms with Gasteiger partial charge in [-0.05, 0) is 30.9 Å². The fourth-order valence-electron chi connectivity index (χ4n) is 2.02. The molecule has 0 radical (unpaired) electrons. The molecule has 1 heteroatoms. The van der Waals surface area contributed by atoms with Crippen molar-refractivity contribution >= 4 is 8.07 Å². The maximum absolute atomic E-state index is 2.46. The first kappa shape index (κ1) is 13.2. The van der Waals surface area contributed by atoms with Gasteiger partial charge in [-0.15, -0.1) is 0 Å². The number of allylic oxidation sites excluding steroid dienone is 2. The maximum Gasteiger partial charge on any atom is 0.0513 e. The SMILES string of the molecule is C/C=C/C(CCc1ccccc1)[Si](C)(C)C. The minimum absolute atomic E-state index is 0.803. The van der Waals surface area contributed by atoms with Crippen molar-refractivity contribution in [3.8, 4) is 0 Å². The standard InChI is InChI=1S/C15H24Si/c1-5-9-15(16(2,3)4)13-12-14-10-7-6-8-11-14/h5-11,15H,12-13H2,1-4H3/b9-5+. The van der Waals surface area contributed by atoms with Gasteiger partial charge in [0.2, 0.25) is 0 Å². The molecular formula is C15H24Si. The molecule has 0 nitrogen and oxygen atoms in total. The van der Waals surface area contributed by atoms with Crippen LogP contribution in [0.15, 0.2) is 42.5 Å². The molecule has 1 aromatic rings. The highest BCUT2D eigenvalue weighted by molar-refractivity contribution is 6.78. The van der Waals surface area contributed by atoms with E-state index in [-0.39, 0.29) is 0 Å². The van der Waals surface area contributed by atoms with Crippen molar-refractivity contribution in [2.24, 2.45) is 0 Å². The molecule has 0 aliphatic carbocycles. The summed E-state index contributed by atoms with van der Waals surface area (Å²) in [5.41, 5.74) is 2.27. The van der Waals surface area contributed by atoms with Crippen molar-refractivity contribution in [2.75, 3.05) is 0 Å². The van der Waals surface area contributed by atoms with E-state index in [4.69, 9.17) is 0 Å². The van der Waals surface area contributed by atoms with E-state index < -0.39 is 8.07 Å². The predicted octanol–water partition coefficient (Wildman–Crippen LogP) is 4.90. The highest BCUT2D eigenvalue weighted by Crippen LogP contribution is 2.28. The van der Waals surface area contributed by atoms with Crippen LogP contribution in [0.2, 0.25) is 25.2 Å². The van der Waals surface area contributed by atoms with Gasteiger partial charge >= 0.3 is 0 Å².